The molecule has 2 rings (SSSR count). The number of carbonyl (C=O) groups excluding carboxylic acids is 1. The highest BCUT2D eigenvalue weighted by molar-refractivity contribution is 7.98. The van der Waals surface area contributed by atoms with Gasteiger partial charge in [-0.15, -0.1) is 11.8 Å². The summed E-state index contributed by atoms with van der Waals surface area (Å²) in [6.07, 6.45) is 2.83. The van der Waals surface area contributed by atoms with E-state index in [1.807, 2.05) is 0 Å². The van der Waals surface area contributed by atoms with Crippen LogP contribution in [0.2, 0.25) is 0 Å². The van der Waals surface area contributed by atoms with Crippen molar-refractivity contribution in [1.29, 1.82) is 0 Å². The summed E-state index contributed by atoms with van der Waals surface area (Å²) in [7, 11) is -3.47. The zero-order valence-electron chi connectivity index (χ0n) is 14.1. The van der Waals surface area contributed by atoms with Crippen molar-refractivity contribution in [2.45, 2.75) is 11.4 Å². The number of nitro groups is 1. The number of carbonyl (C=O) groups is 1. The van der Waals surface area contributed by atoms with Crippen molar-refractivity contribution in [1.82, 2.24) is 5.32 Å². The molecule has 138 valence electrons. The highest BCUT2D eigenvalue weighted by Crippen LogP contribution is 2.25. The molecule has 0 bridgehead atoms. The lowest BCUT2D eigenvalue weighted by Gasteiger charge is -2.12. The molecule has 8 nitrogen and oxygen atoms in total. The maximum absolute atomic E-state index is 12.4. The molecule has 0 heterocycles. The maximum atomic E-state index is 12.4. The Hall–Kier alpha value is -2.59. The molecule has 10 heteroatoms. The average molecular weight is 395 g/mol. The summed E-state index contributed by atoms with van der Waals surface area (Å²) >= 11 is 1.36. The van der Waals surface area contributed by atoms with Crippen LogP contribution >= 0.6 is 11.8 Å². The summed E-state index contributed by atoms with van der Waals surface area (Å²) in [5.74, 6) is -0.609. The first-order valence-corrected chi connectivity index (χ1v) is 10.5. The molecule has 2 N–H and O–H groups in total. The number of hydrogen-bond donors (Lipinski definition) is 2. The Morgan fingerprint density at radius 2 is 1.92 bits per heavy atom. The van der Waals surface area contributed by atoms with Gasteiger partial charge in [0, 0.05) is 17.5 Å². The van der Waals surface area contributed by atoms with Crippen LogP contribution in [0.5, 0.6) is 0 Å². The fourth-order valence-electron chi connectivity index (χ4n) is 2.23. The van der Waals surface area contributed by atoms with Crippen LogP contribution in [0.15, 0.2) is 47.4 Å². The number of thioether (sulfide) groups is 1. The van der Waals surface area contributed by atoms with Crippen LogP contribution in [0, 0.1) is 10.1 Å². The summed E-state index contributed by atoms with van der Waals surface area (Å²) in [6.45, 7) is 0.0121. The Morgan fingerprint density at radius 1 is 1.23 bits per heavy atom. The monoisotopic (exact) mass is 395 g/mol. The van der Waals surface area contributed by atoms with E-state index in [9.17, 15) is 23.3 Å². The van der Waals surface area contributed by atoms with Crippen LogP contribution in [0.4, 0.5) is 11.4 Å². The number of nitrogens with one attached hydrogen (secondary N) is 2. The Labute approximate surface area is 155 Å². The minimum absolute atomic E-state index is 0.0121. The van der Waals surface area contributed by atoms with E-state index in [1.165, 1.54) is 23.9 Å². The van der Waals surface area contributed by atoms with Gasteiger partial charge >= 0.3 is 0 Å². The number of nitrogens with zero attached hydrogens (tertiary/aromatic N) is 1. The van der Waals surface area contributed by atoms with Crippen molar-refractivity contribution in [2.24, 2.45) is 0 Å². The number of sulfonamides is 1. The minimum Gasteiger partial charge on any atom is -0.348 e. The van der Waals surface area contributed by atoms with Crippen molar-refractivity contribution >= 4 is 39.1 Å². The predicted molar refractivity (Wildman–Crippen MR) is 101 cm³/mol. The van der Waals surface area contributed by atoms with Gasteiger partial charge in [-0.1, -0.05) is 18.2 Å². The van der Waals surface area contributed by atoms with Crippen molar-refractivity contribution in [3.63, 3.8) is 0 Å². The number of amides is 1. The van der Waals surface area contributed by atoms with E-state index in [0.29, 0.717) is 11.3 Å². The zero-order valence-corrected chi connectivity index (χ0v) is 15.7. The lowest BCUT2D eigenvalue weighted by molar-refractivity contribution is -0.385. The molecule has 2 aromatic rings. The molecule has 0 saturated carbocycles. The van der Waals surface area contributed by atoms with Crippen LogP contribution in [0.3, 0.4) is 0 Å². The molecule has 0 saturated heterocycles. The van der Waals surface area contributed by atoms with E-state index in [0.717, 1.165) is 11.2 Å². The van der Waals surface area contributed by atoms with Crippen LogP contribution in [0.25, 0.3) is 0 Å². The fraction of sp³-hybridized carbons (Fsp3) is 0.188. The summed E-state index contributed by atoms with van der Waals surface area (Å²) in [4.78, 5) is 23.7. The molecule has 26 heavy (non-hydrogen) atoms. The third-order valence-corrected chi connectivity index (χ3v) is 4.71. The van der Waals surface area contributed by atoms with Gasteiger partial charge in [-0.3, -0.25) is 19.6 Å². The lowest BCUT2D eigenvalue weighted by Crippen LogP contribution is -2.24. The molecule has 0 aliphatic heterocycles. The lowest BCUT2D eigenvalue weighted by atomic mass is 10.1. The van der Waals surface area contributed by atoms with Crippen molar-refractivity contribution in [3.8, 4) is 0 Å². The summed E-state index contributed by atoms with van der Waals surface area (Å²) in [5.41, 5.74) is 0.538. The Balaban J connectivity index is 2.24. The van der Waals surface area contributed by atoms with Crippen molar-refractivity contribution < 1.29 is 18.1 Å². The Morgan fingerprint density at radius 3 is 2.54 bits per heavy atom. The second kappa shape index (κ2) is 8.19. The van der Waals surface area contributed by atoms with Crippen LogP contribution in [0.1, 0.15) is 15.9 Å². The third-order valence-electron chi connectivity index (χ3n) is 3.40. The minimum atomic E-state index is -3.47. The second-order valence-corrected chi connectivity index (χ2v) is 7.98. The van der Waals surface area contributed by atoms with Gasteiger partial charge in [0.15, 0.2) is 0 Å². The molecular weight excluding hydrogens is 378 g/mol. The molecule has 0 aromatic heterocycles. The molecular formula is C16H17N3O5S2. The average Bonchev–Trinajstić information content (AvgIpc) is 2.58. The number of hydrogen-bond acceptors (Lipinski definition) is 6. The molecule has 0 radical (unpaired) electrons. The van der Waals surface area contributed by atoms with Gasteiger partial charge in [-0.2, -0.15) is 0 Å². The van der Waals surface area contributed by atoms with Crippen LogP contribution < -0.4 is 10.0 Å². The highest BCUT2D eigenvalue weighted by atomic mass is 32.2. The summed E-state index contributed by atoms with van der Waals surface area (Å²) in [6, 6.07) is 10.9. The zero-order chi connectivity index (χ0) is 19.3. The first-order valence-electron chi connectivity index (χ1n) is 7.37. The number of rotatable bonds is 7. The second-order valence-electron chi connectivity index (χ2n) is 5.35. The topological polar surface area (TPSA) is 118 Å². The number of nitro benzene ring substituents is 1. The van der Waals surface area contributed by atoms with E-state index in [-0.39, 0.29) is 17.8 Å². The largest absolute Gasteiger partial charge is 0.348 e. The number of para-hydroxylation sites is 1. The van der Waals surface area contributed by atoms with Gasteiger partial charge in [0.05, 0.1) is 16.9 Å². The Bertz CT molecular complexity index is 945. The fourth-order valence-corrected chi connectivity index (χ4v) is 3.27. The molecule has 0 aliphatic rings. The predicted octanol–water partition coefficient (Wildman–Crippen LogP) is 2.62. The molecule has 0 spiro atoms. The maximum Gasteiger partial charge on any atom is 0.282 e. The van der Waals surface area contributed by atoms with Gasteiger partial charge in [0.2, 0.25) is 10.0 Å². The molecule has 0 atom stereocenters. The van der Waals surface area contributed by atoms with Crippen LogP contribution in [-0.2, 0) is 16.6 Å². The number of benzene rings is 2. The van der Waals surface area contributed by atoms with E-state index in [2.05, 4.69) is 10.0 Å². The van der Waals surface area contributed by atoms with Gasteiger partial charge < -0.3 is 5.32 Å². The standard InChI is InChI=1S/C16H17N3O5S2/c1-25-12-7-8-15(19(21)22)13(9-12)16(20)17-10-11-5-3-4-6-14(11)18-26(2,23)24/h3-9,18H,10H2,1-2H3,(H,17,20). The van der Waals surface area contributed by atoms with Gasteiger partial charge in [-0.05, 0) is 30.0 Å². The van der Waals surface area contributed by atoms with E-state index < -0.39 is 20.9 Å². The SMILES string of the molecule is CSc1ccc([N+](=O)[O-])c(C(=O)NCc2ccccc2NS(C)(=O)=O)c1. The van der Waals surface area contributed by atoms with Gasteiger partial charge in [0.1, 0.15) is 5.56 Å². The van der Waals surface area contributed by atoms with Crippen LogP contribution in [-0.4, -0.2) is 31.8 Å². The molecule has 0 fully saturated rings. The quantitative estimate of drug-likeness (QED) is 0.423. The summed E-state index contributed by atoms with van der Waals surface area (Å²) < 4.78 is 25.2. The van der Waals surface area contributed by atoms with E-state index in [4.69, 9.17) is 0 Å². The first kappa shape index (κ1) is 19.7. The van der Waals surface area contributed by atoms with Crippen molar-refractivity contribution in [2.75, 3.05) is 17.2 Å². The van der Waals surface area contributed by atoms with E-state index >= 15 is 0 Å². The molecule has 0 aliphatic carbocycles. The van der Waals surface area contributed by atoms with Gasteiger partial charge in [0.25, 0.3) is 11.6 Å². The van der Waals surface area contributed by atoms with Gasteiger partial charge in [-0.25, -0.2) is 8.42 Å². The van der Waals surface area contributed by atoms with Crippen molar-refractivity contribution in [3.05, 3.63) is 63.7 Å². The smallest absolute Gasteiger partial charge is 0.282 e. The Kier molecular flexibility index (Phi) is 6.22. The summed E-state index contributed by atoms with van der Waals surface area (Å²) in [5, 5.41) is 13.8. The molecule has 1 amide bonds. The first-order chi connectivity index (χ1) is 12.2. The molecule has 0 unspecified atom stereocenters. The number of anilines is 1. The van der Waals surface area contributed by atoms with E-state index in [1.54, 1.807) is 36.6 Å². The molecule has 2 aromatic carbocycles. The highest BCUT2D eigenvalue weighted by Gasteiger charge is 2.20. The normalized spacial score (nSPS) is 11.0. The third kappa shape index (κ3) is 5.20.